The number of rotatable bonds is 4. The van der Waals surface area contributed by atoms with Crippen molar-refractivity contribution in [3.05, 3.63) is 16.1 Å². The van der Waals surface area contributed by atoms with Gasteiger partial charge in [-0.1, -0.05) is 0 Å². The molecule has 1 atom stereocenters. The van der Waals surface area contributed by atoms with Crippen molar-refractivity contribution in [1.29, 1.82) is 0 Å². The predicted octanol–water partition coefficient (Wildman–Crippen LogP) is 3.10. The molecule has 0 saturated heterocycles. The van der Waals surface area contributed by atoms with Gasteiger partial charge in [0.1, 0.15) is 5.01 Å². The molecule has 2 saturated carbocycles. The van der Waals surface area contributed by atoms with E-state index in [1.54, 1.807) is 11.3 Å². The lowest BCUT2D eigenvalue weighted by Crippen LogP contribution is -2.47. The summed E-state index contributed by atoms with van der Waals surface area (Å²) in [6.07, 6.45) is 7.85. The van der Waals surface area contributed by atoms with E-state index in [4.69, 9.17) is 0 Å². The number of hydrogen-bond acceptors (Lipinski definition) is 3. The maximum atomic E-state index is 12.3. The van der Waals surface area contributed by atoms with Gasteiger partial charge in [-0.3, -0.25) is 0 Å². The molecule has 3 rings (SSSR count). The molecule has 1 heterocycles. The third-order valence-corrected chi connectivity index (χ3v) is 5.22. The van der Waals surface area contributed by atoms with Gasteiger partial charge in [0, 0.05) is 24.2 Å². The molecule has 2 fully saturated rings. The summed E-state index contributed by atoms with van der Waals surface area (Å²) in [6, 6.07) is 0.626. The van der Waals surface area contributed by atoms with Gasteiger partial charge in [-0.15, -0.1) is 11.3 Å². The zero-order chi connectivity index (χ0) is 13.4. The van der Waals surface area contributed by atoms with Crippen molar-refractivity contribution in [2.75, 3.05) is 7.05 Å². The largest absolute Gasteiger partial charge is 0.328 e. The molecule has 1 aromatic heterocycles. The number of amides is 2. The Morgan fingerprint density at radius 2 is 2.21 bits per heavy atom. The summed E-state index contributed by atoms with van der Waals surface area (Å²) in [5.74, 6) is 0.587. The predicted molar refractivity (Wildman–Crippen MR) is 76.2 cm³/mol. The van der Waals surface area contributed by atoms with Crippen LogP contribution in [0.1, 0.15) is 48.0 Å². The summed E-state index contributed by atoms with van der Waals surface area (Å²) >= 11 is 1.70. The van der Waals surface area contributed by atoms with Gasteiger partial charge in [0.15, 0.2) is 0 Å². The second kappa shape index (κ2) is 5.12. The quantitative estimate of drug-likeness (QED) is 0.920. The van der Waals surface area contributed by atoms with Crippen LogP contribution in [-0.4, -0.2) is 29.0 Å². The average molecular weight is 279 g/mol. The van der Waals surface area contributed by atoms with E-state index in [0.29, 0.717) is 12.0 Å². The second-order valence-corrected chi connectivity index (χ2v) is 7.04. The van der Waals surface area contributed by atoms with Gasteiger partial charge in [-0.05, 0) is 44.9 Å². The van der Waals surface area contributed by atoms with Gasteiger partial charge >= 0.3 is 6.03 Å². The van der Waals surface area contributed by atoms with Crippen molar-refractivity contribution in [2.24, 2.45) is 5.92 Å². The zero-order valence-electron chi connectivity index (χ0n) is 11.6. The molecule has 2 aliphatic carbocycles. The smallest absolute Gasteiger partial charge is 0.317 e. The molecular weight excluding hydrogens is 258 g/mol. The fraction of sp³-hybridized carbons (Fsp3) is 0.714. The molecule has 1 aromatic rings. The average Bonchev–Trinajstić information content (AvgIpc) is 3.06. The highest BCUT2D eigenvalue weighted by Crippen LogP contribution is 2.42. The highest BCUT2D eigenvalue weighted by Gasteiger charge is 2.36. The first-order valence-corrected chi connectivity index (χ1v) is 7.92. The van der Waals surface area contributed by atoms with Crippen molar-refractivity contribution in [1.82, 2.24) is 15.2 Å². The van der Waals surface area contributed by atoms with Crippen molar-refractivity contribution >= 4 is 17.4 Å². The summed E-state index contributed by atoms with van der Waals surface area (Å²) in [6.45, 7) is 2.06. The van der Waals surface area contributed by atoms with Crippen LogP contribution in [0.15, 0.2) is 6.20 Å². The van der Waals surface area contributed by atoms with E-state index in [9.17, 15) is 4.79 Å². The van der Waals surface area contributed by atoms with Crippen molar-refractivity contribution in [3.8, 4) is 0 Å². The molecule has 2 amide bonds. The van der Waals surface area contributed by atoms with Crippen LogP contribution in [0, 0.1) is 12.8 Å². The van der Waals surface area contributed by atoms with Gasteiger partial charge in [0.2, 0.25) is 0 Å². The minimum Gasteiger partial charge on any atom is -0.328 e. The molecule has 0 aromatic carbocycles. The van der Waals surface area contributed by atoms with E-state index >= 15 is 0 Å². The Bertz CT molecular complexity index is 465. The number of urea groups is 1. The van der Waals surface area contributed by atoms with Crippen LogP contribution in [0.3, 0.4) is 0 Å². The first-order valence-electron chi connectivity index (χ1n) is 7.11. The monoisotopic (exact) mass is 279 g/mol. The molecule has 2 aliphatic rings. The minimum absolute atomic E-state index is 0.0643. The van der Waals surface area contributed by atoms with Crippen LogP contribution in [0.4, 0.5) is 4.79 Å². The van der Waals surface area contributed by atoms with Crippen LogP contribution in [0.2, 0.25) is 0 Å². The molecule has 0 spiro atoms. The number of thiazole rings is 1. The Balaban J connectivity index is 1.66. The molecule has 104 valence electrons. The van der Waals surface area contributed by atoms with Crippen molar-refractivity contribution in [3.63, 3.8) is 0 Å². The fourth-order valence-electron chi connectivity index (χ4n) is 2.50. The maximum Gasteiger partial charge on any atom is 0.317 e. The van der Waals surface area contributed by atoms with Crippen LogP contribution in [-0.2, 0) is 0 Å². The lowest BCUT2D eigenvalue weighted by molar-refractivity contribution is 0.153. The van der Waals surface area contributed by atoms with Crippen molar-refractivity contribution < 1.29 is 4.79 Å². The maximum absolute atomic E-state index is 12.3. The van der Waals surface area contributed by atoms with Gasteiger partial charge in [-0.2, -0.15) is 0 Å². The van der Waals surface area contributed by atoms with Crippen LogP contribution >= 0.6 is 11.3 Å². The molecule has 19 heavy (non-hydrogen) atoms. The van der Waals surface area contributed by atoms with Gasteiger partial charge in [-0.25, -0.2) is 9.78 Å². The third kappa shape index (κ3) is 2.76. The SMILES string of the molecule is Cc1cnc([C@@H](NC(=O)N(C)C2CCC2)C2CC2)s1. The number of aromatic nitrogens is 1. The van der Waals surface area contributed by atoms with Gasteiger partial charge in [0.25, 0.3) is 0 Å². The van der Waals surface area contributed by atoms with Gasteiger partial charge in [0.05, 0.1) is 6.04 Å². The molecule has 4 nitrogen and oxygen atoms in total. The lowest BCUT2D eigenvalue weighted by atomic mass is 9.92. The fourth-order valence-corrected chi connectivity index (χ4v) is 3.42. The molecule has 0 aliphatic heterocycles. The molecule has 5 heteroatoms. The van der Waals surface area contributed by atoms with Crippen LogP contribution < -0.4 is 5.32 Å². The number of carbonyl (C=O) groups excluding carboxylic acids is 1. The summed E-state index contributed by atoms with van der Waals surface area (Å²) < 4.78 is 0. The number of hydrogen-bond donors (Lipinski definition) is 1. The Labute approximate surface area is 118 Å². The zero-order valence-corrected chi connectivity index (χ0v) is 12.4. The van der Waals surface area contributed by atoms with E-state index in [1.807, 2.05) is 18.1 Å². The standard InChI is InChI=1S/C14H21N3OS/c1-9-8-15-13(19-9)12(10-6-7-10)16-14(18)17(2)11-4-3-5-11/h8,10-12H,3-7H2,1-2H3,(H,16,18)/t12-/m0/s1. The number of aryl methyl sites for hydroxylation is 1. The van der Waals surface area contributed by atoms with E-state index in [0.717, 1.165) is 17.8 Å². The normalized spacial score (nSPS) is 20.7. The third-order valence-electron chi connectivity index (χ3n) is 4.22. The van der Waals surface area contributed by atoms with Crippen LogP contribution in [0.25, 0.3) is 0 Å². The van der Waals surface area contributed by atoms with E-state index in [-0.39, 0.29) is 12.1 Å². The summed E-state index contributed by atoms with van der Waals surface area (Å²) in [5, 5.41) is 4.26. The highest BCUT2D eigenvalue weighted by molar-refractivity contribution is 7.11. The van der Waals surface area contributed by atoms with E-state index in [1.165, 1.54) is 24.1 Å². The molecular formula is C14H21N3OS. The second-order valence-electron chi connectivity index (χ2n) is 5.77. The summed E-state index contributed by atoms with van der Waals surface area (Å²) in [7, 11) is 1.91. The highest BCUT2D eigenvalue weighted by atomic mass is 32.1. The number of nitrogens with one attached hydrogen (secondary N) is 1. The Morgan fingerprint density at radius 1 is 1.47 bits per heavy atom. The van der Waals surface area contributed by atoms with Crippen molar-refractivity contribution in [2.45, 2.75) is 51.1 Å². The number of nitrogens with zero attached hydrogens (tertiary/aromatic N) is 2. The first kappa shape index (κ1) is 12.9. The lowest BCUT2D eigenvalue weighted by Gasteiger charge is -2.35. The Hall–Kier alpha value is -1.10. The number of carbonyl (C=O) groups is 1. The van der Waals surface area contributed by atoms with E-state index in [2.05, 4.69) is 17.2 Å². The minimum atomic E-state index is 0.0643. The van der Waals surface area contributed by atoms with Crippen LogP contribution in [0.5, 0.6) is 0 Å². The Morgan fingerprint density at radius 3 is 2.68 bits per heavy atom. The topological polar surface area (TPSA) is 45.2 Å². The van der Waals surface area contributed by atoms with Gasteiger partial charge < -0.3 is 10.2 Å². The first-order chi connectivity index (χ1) is 9.15. The summed E-state index contributed by atoms with van der Waals surface area (Å²) in [4.78, 5) is 19.8. The van der Waals surface area contributed by atoms with E-state index < -0.39 is 0 Å². The molecule has 0 bridgehead atoms. The molecule has 1 N–H and O–H groups in total. The summed E-state index contributed by atoms with van der Waals surface area (Å²) in [5.41, 5.74) is 0. The molecule has 0 unspecified atom stereocenters. The molecule has 0 radical (unpaired) electrons. The Kier molecular flexibility index (Phi) is 3.48.